The van der Waals surface area contributed by atoms with Gasteiger partial charge < -0.3 is 0 Å². The smallest absolute Gasteiger partial charge is 0.125 e. The first kappa shape index (κ1) is 15.5. The number of aromatic nitrogens is 2. The lowest BCUT2D eigenvalue weighted by Gasteiger charge is -2.11. The van der Waals surface area contributed by atoms with E-state index in [-0.39, 0.29) is 5.82 Å². The summed E-state index contributed by atoms with van der Waals surface area (Å²) in [5, 5.41) is 0. The fourth-order valence-corrected chi connectivity index (χ4v) is 2.85. The second-order valence-corrected chi connectivity index (χ2v) is 6.29. The van der Waals surface area contributed by atoms with Gasteiger partial charge in [-0.2, -0.15) is 0 Å². The Morgan fingerprint density at radius 3 is 1.60 bits per heavy atom. The van der Waals surface area contributed by atoms with Gasteiger partial charge in [0.05, 0.1) is 22.4 Å². The lowest BCUT2D eigenvalue weighted by atomic mass is 10.0. The number of benzene rings is 3. The minimum absolute atomic E-state index is 0.306. The third kappa shape index (κ3) is 3.01. The Bertz CT molecular complexity index is 1050. The van der Waals surface area contributed by atoms with E-state index in [0.717, 1.165) is 22.5 Å². The second kappa shape index (κ2) is 6.10. The fourth-order valence-electron chi connectivity index (χ4n) is 2.85. The molecule has 1 heterocycles. The minimum Gasteiger partial charge on any atom is -0.244 e. The third-order valence-corrected chi connectivity index (χ3v) is 4.28. The van der Waals surface area contributed by atoms with E-state index in [9.17, 15) is 4.39 Å². The van der Waals surface area contributed by atoms with Gasteiger partial charge in [-0.25, -0.2) is 14.4 Å². The maximum atomic E-state index is 13.6. The Kier molecular flexibility index (Phi) is 3.77. The van der Waals surface area contributed by atoms with Crippen LogP contribution in [-0.4, -0.2) is 9.97 Å². The van der Waals surface area contributed by atoms with E-state index in [0.29, 0.717) is 11.0 Å². The summed E-state index contributed by atoms with van der Waals surface area (Å²) in [5.41, 5.74) is 7.17. The molecule has 0 atom stereocenters. The van der Waals surface area contributed by atoms with Crippen molar-refractivity contribution in [2.24, 2.45) is 0 Å². The summed E-state index contributed by atoms with van der Waals surface area (Å²) >= 11 is 0. The number of nitrogens with zero attached hydrogens (tertiary/aromatic N) is 2. The maximum absolute atomic E-state index is 13.6. The molecule has 0 aliphatic carbocycles. The SMILES string of the molecule is Cc1ccc(-c2nc3ccc(F)cc3nc2-c2ccc(C)cc2)cc1. The Hall–Kier alpha value is -3.07. The first-order chi connectivity index (χ1) is 12.1. The van der Waals surface area contributed by atoms with Crippen molar-refractivity contribution >= 4 is 11.0 Å². The Balaban J connectivity index is 2.01. The molecule has 122 valence electrons. The molecule has 0 N–H and O–H groups in total. The summed E-state index contributed by atoms with van der Waals surface area (Å²) in [6.07, 6.45) is 0. The lowest BCUT2D eigenvalue weighted by molar-refractivity contribution is 0.629. The van der Waals surface area contributed by atoms with Crippen LogP contribution in [0.2, 0.25) is 0 Å². The van der Waals surface area contributed by atoms with E-state index in [1.165, 1.54) is 23.3 Å². The highest BCUT2D eigenvalue weighted by atomic mass is 19.1. The van der Waals surface area contributed by atoms with Crippen molar-refractivity contribution in [3.05, 3.63) is 83.7 Å². The maximum Gasteiger partial charge on any atom is 0.125 e. The van der Waals surface area contributed by atoms with Crippen LogP contribution in [0.5, 0.6) is 0 Å². The summed E-state index contributed by atoms with van der Waals surface area (Å²) < 4.78 is 13.6. The molecule has 4 rings (SSSR count). The van der Waals surface area contributed by atoms with Crippen LogP contribution in [0.25, 0.3) is 33.5 Å². The van der Waals surface area contributed by atoms with Crippen LogP contribution in [0.4, 0.5) is 4.39 Å². The van der Waals surface area contributed by atoms with Crippen molar-refractivity contribution in [2.75, 3.05) is 0 Å². The lowest BCUT2D eigenvalue weighted by Crippen LogP contribution is -1.96. The van der Waals surface area contributed by atoms with Crippen molar-refractivity contribution in [3.63, 3.8) is 0 Å². The van der Waals surface area contributed by atoms with Crippen molar-refractivity contribution in [2.45, 2.75) is 13.8 Å². The standard InChI is InChI=1S/C22H17FN2/c1-14-3-7-16(8-4-14)21-22(17-9-5-15(2)6-10-17)25-20-13-18(23)11-12-19(20)24-21/h3-13H,1-2H3. The number of hydrogen-bond donors (Lipinski definition) is 0. The third-order valence-electron chi connectivity index (χ3n) is 4.28. The van der Waals surface area contributed by atoms with Crippen molar-refractivity contribution in [1.29, 1.82) is 0 Å². The van der Waals surface area contributed by atoms with Crippen molar-refractivity contribution < 1.29 is 4.39 Å². The van der Waals surface area contributed by atoms with Crippen LogP contribution in [0.1, 0.15) is 11.1 Å². The quantitative estimate of drug-likeness (QED) is 0.470. The molecule has 0 saturated heterocycles. The van der Waals surface area contributed by atoms with E-state index in [2.05, 4.69) is 19.1 Å². The number of hydrogen-bond acceptors (Lipinski definition) is 2. The van der Waals surface area contributed by atoms with E-state index in [1.54, 1.807) is 6.07 Å². The molecule has 25 heavy (non-hydrogen) atoms. The minimum atomic E-state index is -0.306. The van der Waals surface area contributed by atoms with Gasteiger partial charge in [0.2, 0.25) is 0 Å². The van der Waals surface area contributed by atoms with Crippen LogP contribution in [0, 0.1) is 19.7 Å². The molecule has 0 aliphatic rings. The van der Waals surface area contributed by atoms with E-state index >= 15 is 0 Å². The Morgan fingerprint density at radius 1 is 0.600 bits per heavy atom. The van der Waals surface area contributed by atoms with Crippen LogP contribution in [-0.2, 0) is 0 Å². The molecule has 3 heteroatoms. The Labute approximate surface area is 146 Å². The van der Waals surface area contributed by atoms with Gasteiger partial charge in [-0.05, 0) is 26.0 Å². The molecule has 3 aromatic carbocycles. The molecular weight excluding hydrogens is 311 g/mol. The Morgan fingerprint density at radius 2 is 1.08 bits per heavy atom. The molecular formula is C22H17FN2. The van der Waals surface area contributed by atoms with Gasteiger partial charge in [0, 0.05) is 17.2 Å². The van der Waals surface area contributed by atoms with E-state index in [4.69, 9.17) is 9.97 Å². The van der Waals surface area contributed by atoms with Crippen LogP contribution >= 0.6 is 0 Å². The zero-order valence-electron chi connectivity index (χ0n) is 14.1. The first-order valence-corrected chi connectivity index (χ1v) is 8.21. The molecule has 0 aliphatic heterocycles. The molecule has 0 saturated carbocycles. The first-order valence-electron chi connectivity index (χ1n) is 8.21. The molecule has 2 nitrogen and oxygen atoms in total. The van der Waals surface area contributed by atoms with Gasteiger partial charge in [0.1, 0.15) is 5.82 Å². The largest absolute Gasteiger partial charge is 0.244 e. The average molecular weight is 328 g/mol. The molecule has 0 fully saturated rings. The topological polar surface area (TPSA) is 25.8 Å². The average Bonchev–Trinajstić information content (AvgIpc) is 2.62. The summed E-state index contributed by atoms with van der Waals surface area (Å²) in [6.45, 7) is 4.10. The summed E-state index contributed by atoms with van der Waals surface area (Å²) in [6, 6.07) is 20.9. The van der Waals surface area contributed by atoms with Gasteiger partial charge in [-0.1, -0.05) is 59.7 Å². The number of fused-ring (bicyclic) bond motifs is 1. The molecule has 0 unspecified atom stereocenters. The second-order valence-electron chi connectivity index (χ2n) is 6.29. The molecule has 0 radical (unpaired) electrons. The van der Waals surface area contributed by atoms with Gasteiger partial charge in [-0.3, -0.25) is 0 Å². The van der Waals surface area contributed by atoms with Crippen molar-refractivity contribution in [3.8, 4) is 22.5 Å². The van der Waals surface area contributed by atoms with Gasteiger partial charge in [0.25, 0.3) is 0 Å². The zero-order chi connectivity index (χ0) is 17.4. The predicted molar refractivity (Wildman–Crippen MR) is 99.8 cm³/mol. The van der Waals surface area contributed by atoms with Crippen molar-refractivity contribution in [1.82, 2.24) is 9.97 Å². The summed E-state index contributed by atoms with van der Waals surface area (Å²) in [7, 11) is 0. The molecule has 1 aromatic heterocycles. The summed E-state index contributed by atoms with van der Waals surface area (Å²) in [5.74, 6) is -0.306. The van der Waals surface area contributed by atoms with Gasteiger partial charge in [-0.15, -0.1) is 0 Å². The molecule has 0 spiro atoms. The fraction of sp³-hybridized carbons (Fsp3) is 0.0909. The van der Waals surface area contributed by atoms with E-state index in [1.807, 2.05) is 43.3 Å². The molecule has 4 aromatic rings. The normalized spacial score (nSPS) is 11.0. The highest BCUT2D eigenvalue weighted by Crippen LogP contribution is 2.31. The van der Waals surface area contributed by atoms with Crippen LogP contribution in [0.3, 0.4) is 0 Å². The van der Waals surface area contributed by atoms with Gasteiger partial charge >= 0.3 is 0 Å². The molecule has 0 amide bonds. The number of halogens is 1. The molecule has 0 bridgehead atoms. The van der Waals surface area contributed by atoms with Crippen LogP contribution < -0.4 is 0 Å². The zero-order valence-corrected chi connectivity index (χ0v) is 14.1. The van der Waals surface area contributed by atoms with Crippen LogP contribution in [0.15, 0.2) is 66.7 Å². The van der Waals surface area contributed by atoms with E-state index < -0.39 is 0 Å². The van der Waals surface area contributed by atoms with Gasteiger partial charge in [0.15, 0.2) is 0 Å². The monoisotopic (exact) mass is 328 g/mol. The summed E-state index contributed by atoms with van der Waals surface area (Å²) in [4.78, 5) is 9.52. The number of rotatable bonds is 2. The highest BCUT2D eigenvalue weighted by molar-refractivity contribution is 5.86. The number of aryl methyl sites for hydroxylation is 2. The highest BCUT2D eigenvalue weighted by Gasteiger charge is 2.13. The predicted octanol–water partition coefficient (Wildman–Crippen LogP) is 5.72.